The maximum Gasteiger partial charge on any atom is 0.345 e. The molecule has 2 N–H and O–H groups in total. The predicted molar refractivity (Wildman–Crippen MR) is 101 cm³/mol. The number of fused-ring (bicyclic) bond motifs is 7. The molecule has 0 bridgehead atoms. The van der Waals surface area contributed by atoms with Gasteiger partial charge in [-0.2, -0.15) is 0 Å². The Hall–Kier alpha value is -3.74. The maximum atomic E-state index is 12.5. The van der Waals surface area contributed by atoms with Gasteiger partial charge in [0.2, 0.25) is 0 Å². The third-order valence-electron chi connectivity index (χ3n) is 5.19. The number of benzene rings is 1. The number of para-hydroxylation sites is 1. The van der Waals surface area contributed by atoms with E-state index in [2.05, 4.69) is 15.2 Å². The Balaban J connectivity index is 1.73. The van der Waals surface area contributed by atoms with Crippen LogP contribution in [0.3, 0.4) is 0 Å². The van der Waals surface area contributed by atoms with E-state index in [-0.39, 0.29) is 5.56 Å². The van der Waals surface area contributed by atoms with Crippen LogP contribution in [0, 0.1) is 0 Å². The summed E-state index contributed by atoms with van der Waals surface area (Å²) in [7, 11) is 0. The van der Waals surface area contributed by atoms with Crippen LogP contribution in [0.25, 0.3) is 44.2 Å². The monoisotopic (exact) mass is 356 g/mol. The molecular weight excluding hydrogens is 344 g/mol. The van der Waals surface area contributed by atoms with Gasteiger partial charge in [0.1, 0.15) is 5.58 Å². The Morgan fingerprint density at radius 1 is 0.926 bits per heavy atom. The van der Waals surface area contributed by atoms with Crippen molar-refractivity contribution < 1.29 is 4.42 Å². The molecule has 6 rings (SSSR count). The highest BCUT2D eigenvalue weighted by Crippen LogP contribution is 2.35. The first-order valence-electron chi connectivity index (χ1n) is 8.65. The zero-order chi connectivity index (χ0) is 18.1. The molecule has 0 amide bonds. The molecule has 0 unspecified atom stereocenters. The maximum absolute atomic E-state index is 12.5. The molecule has 4 aromatic heterocycles. The number of aromatic nitrogens is 4. The number of nitrogens with one attached hydrogen (secondary N) is 2. The lowest BCUT2D eigenvalue weighted by molar-refractivity contribution is 0.569. The third-order valence-corrected chi connectivity index (χ3v) is 5.19. The number of hydrogen-bond donors (Lipinski definition) is 2. The molecule has 5 aromatic rings. The van der Waals surface area contributed by atoms with Crippen molar-refractivity contribution >= 4 is 32.9 Å². The van der Waals surface area contributed by atoms with Crippen molar-refractivity contribution in [1.29, 1.82) is 0 Å². The van der Waals surface area contributed by atoms with Gasteiger partial charge in [-0.1, -0.05) is 12.1 Å². The topological polar surface area (TPSA) is 105 Å². The van der Waals surface area contributed by atoms with Crippen molar-refractivity contribution in [2.24, 2.45) is 0 Å². The molecule has 27 heavy (non-hydrogen) atoms. The second-order valence-corrected chi connectivity index (χ2v) is 6.74. The Morgan fingerprint density at radius 3 is 2.74 bits per heavy atom. The lowest BCUT2D eigenvalue weighted by Gasteiger charge is -2.18. The number of nitrogens with zero attached hydrogens (tertiary/aromatic N) is 2. The quantitative estimate of drug-likeness (QED) is 0.328. The van der Waals surface area contributed by atoms with Crippen LogP contribution in [0.4, 0.5) is 0 Å². The van der Waals surface area contributed by atoms with Crippen LogP contribution in [-0.2, 0) is 12.8 Å². The molecule has 0 fully saturated rings. The van der Waals surface area contributed by atoms with Crippen LogP contribution in [0.5, 0.6) is 0 Å². The molecule has 7 nitrogen and oxygen atoms in total. The van der Waals surface area contributed by atoms with E-state index in [1.807, 2.05) is 30.3 Å². The van der Waals surface area contributed by atoms with E-state index < -0.39 is 5.63 Å². The van der Waals surface area contributed by atoms with Crippen molar-refractivity contribution in [2.75, 3.05) is 0 Å². The molecule has 0 atom stereocenters. The van der Waals surface area contributed by atoms with Gasteiger partial charge in [-0.05, 0) is 42.7 Å². The van der Waals surface area contributed by atoms with E-state index in [0.29, 0.717) is 27.5 Å². The van der Waals surface area contributed by atoms with Crippen LogP contribution < -0.4 is 11.2 Å². The number of aryl methyl sites for hydroxylation is 2. The van der Waals surface area contributed by atoms with Crippen LogP contribution in [0.15, 0.2) is 50.4 Å². The molecular formula is C20H12N4O3. The van der Waals surface area contributed by atoms with E-state index in [1.165, 1.54) is 0 Å². The minimum Gasteiger partial charge on any atom is -0.422 e. The normalized spacial score (nSPS) is 13.2. The summed E-state index contributed by atoms with van der Waals surface area (Å²) < 4.78 is 5.46. The Labute approximate surface area is 150 Å². The van der Waals surface area contributed by atoms with Crippen molar-refractivity contribution in [3.63, 3.8) is 0 Å². The molecule has 1 aromatic carbocycles. The SMILES string of the molecule is O=c1[nH][nH]c2nc3c(cc12)CCc1nc2c(cc1-3)c(=O)oc1ccccc12. The van der Waals surface area contributed by atoms with Gasteiger partial charge in [-0.3, -0.25) is 20.0 Å². The summed E-state index contributed by atoms with van der Waals surface area (Å²) in [5.74, 6) is 0. The molecule has 0 saturated carbocycles. The van der Waals surface area contributed by atoms with Gasteiger partial charge in [-0.15, -0.1) is 0 Å². The van der Waals surface area contributed by atoms with Crippen molar-refractivity contribution in [3.8, 4) is 11.3 Å². The van der Waals surface area contributed by atoms with Gasteiger partial charge in [0.05, 0.1) is 27.7 Å². The molecule has 4 heterocycles. The highest BCUT2D eigenvalue weighted by Gasteiger charge is 2.23. The molecule has 1 aliphatic rings. The molecule has 0 spiro atoms. The number of rotatable bonds is 0. The summed E-state index contributed by atoms with van der Waals surface area (Å²) in [6.45, 7) is 0. The lowest BCUT2D eigenvalue weighted by atomic mass is 9.91. The molecule has 7 heteroatoms. The predicted octanol–water partition coefficient (Wildman–Crippen LogP) is 2.67. The summed E-state index contributed by atoms with van der Waals surface area (Å²) >= 11 is 0. The molecule has 0 radical (unpaired) electrons. The summed E-state index contributed by atoms with van der Waals surface area (Å²) in [5.41, 5.74) is 4.52. The summed E-state index contributed by atoms with van der Waals surface area (Å²) in [5, 5.41) is 7.14. The minimum atomic E-state index is -0.415. The first kappa shape index (κ1) is 14.4. The second kappa shape index (κ2) is 4.91. The van der Waals surface area contributed by atoms with Gasteiger partial charge in [0, 0.05) is 10.9 Å². The average molecular weight is 356 g/mol. The molecule has 0 saturated heterocycles. The molecule has 130 valence electrons. The van der Waals surface area contributed by atoms with E-state index in [0.717, 1.165) is 40.7 Å². The zero-order valence-corrected chi connectivity index (χ0v) is 14.0. The Bertz CT molecular complexity index is 1520. The Morgan fingerprint density at radius 2 is 1.81 bits per heavy atom. The molecule has 0 aliphatic heterocycles. The first-order chi connectivity index (χ1) is 13.2. The van der Waals surface area contributed by atoms with Crippen LogP contribution in [-0.4, -0.2) is 20.2 Å². The smallest absolute Gasteiger partial charge is 0.345 e. The lowest BCUT2D eigenvalue weighted by Crippen LogP contribution is -2.11. The fourth-order valence-corrected chi connectivity index (χ4v) is 3.90. The van der Waals surface area contributed by atoms with E-state index in [9.17, 15) is 9.59 Å². The van der Waals surface area contributed by atoms with Crippen LogP contribution in [0.1, 0.15) is 11.3 Å². The standard InChI is InChI=1S/C20H12N4O3/c25-19-13-7-9-5-6-14-11(16(9)22-18(13)23-24-19)8-12-17(21-14)10-3-1-2-4-15(10)27-20(12)26/h1-4,7-8H,5-6H2,(H2,22,23,24,25). The zero-order valence-electron chi connectivity index (χ0n) is 14.0. The number of aromatic amines is 2. The van der Waals surface area contributed by atoms with Crippen molar-refractivity contribution in [1.82, 2.24) is 20.2 Å². The minimum absolute atomic E-state index is 0.185. The van der Waals surface area contributed by atoms with Gasteiger partial charge in [0.25, 0.3) is 5.56 Å². The highest BCUT2D eigenvalue weighted by molar-refractivity contribution is 6.03. The fraction of sp³-hybridized carbons (Fsp3) is 0.100. The summed E-state index contributed by atoms with van der Waals surface area (Å²) in [6.07, 6.45) is 1.47. The van der Waals surface area contributed by atoms with E-state index in [1.54, 1.807) is 6.07 Å². The van der Waals surface area contributed by atoms with Crippen LogP contribution >= 0.6 is 0 Å². The van der Waals surface area contributed by atoms with Crippen molar-refractivity contribution in [2.45, 2.75) is 12.8 Å². The van der Waals surface area contributed by atoms with Gasteiger partial charge in [-0.25, -0.2) is 9.78 Å². The second-order valence-electron chi connectivity index (χ2n) is 6.74. The van der Waals surface area contributed by atoms with Crippen molar-refractivity contribution in [3.05, 3.63) is 68.4 Å². The third kappa shape index (κ3) is 1.90. The van der Waals surface area contributed by atoms with Gasteiger partial charge >= 0.3 is 5.63 Å². The van der Waals surface area contributed by atoms with Gasteiger partial charge < -0.3 is 4.42 Å². The molecule has 1 aliphatic carbocycles. The summed E-state index contributed by atoms with van der Waals surface area (Å²) in [4.78, 5) is 33.8. The first-order valence-corrected chi connectivity index (χ1v) is 8.65. The van der Waals surface area contributed by atoms with Crippen LogP contribution in [0.2, 0.25) is 0 Å². The van der Waals surface area contributed by atoms with Gasteiger partial charge in [0.15, 0.2) is 5.65 Å². The number of H-pyrrole nitrogens is 2. The average Bonchev–Trinajstić information content (AvgIpc) is 3.05. The highest BCUT2D eigenvalue weighted by atomic mass is 16.4. The van der Waals surface area contributed by atoms with E-state index >= 15 is 0 Å². The Kier molecular flexibility index (Phi) is 2.63. The number of pyridine rings is 2. The van der Waals surface area contributed by atoms with E-state index in [4.69, 9.17) is 9.40 Å². The largest absolute Gasteiger partial charge is 0.422 e. The summed E-state index contributed by atoms with van der Waals surface area (Å²) in [6, 6.07) is 11.1. The fourth-order valence-electron chi connectivity index (χ4n) is 3.90. The number of hydrogen-bond acceptors (Lipinski definition) is 5.